The van der Waals surface area contributed by atoms with Crippen LogP contribution in [0.25, 0.3) is 0 Å². The number of nitrogens with zero attached hydrogens (tertiary/aromatic N) is 1. The van der Waals surface area contributed by atoms with Crippen LogP contribution in [0.2, 0.25) is 0 Å². The molecular formula is C18H20N2O2. The summed E-state index contributed by atoms with van der Waals surface area (Å²) in [4.78, 5) is 14.7. The molecule has 1 aliphatic rings. The third kappa shape index (κ3) is 2.46. The number of anilines is 1. The standard InChI is InChI=1S/C18H20N2O2/c1-12(2)20-15-9-8-13(11-19)10-16(15)22-17(18(20)21)14-6-4-3-5-7-14/h3-10,12,17H,11,19H2,1-2H3. The molecule has 114 valence electrons. The maximum Gasteiger partial charge on any atom is 0.273 e. The van der Waals surface area contributed by atoms with E-state index in [1.54, 1.807) is 4.90 Å². The molecule has 0 saturated carbocycles. The molecule has 4 heteroatoms. The van der Waals surface area contributed by atoms with E-state index in [9.17, 15) is 4.79 Å². The molecule has 1 amide bonds. The van der Waals surface area contributed by atoms with Crippen LogP contribution in [-0.4, -0.2) is 11.9 Å². The Kier molecular flexibility index (Phi) is 3.86. The first-order chi connectivity index (χ1) is 10.6. The van der Waals surface area contributed by atoms with Gasteiger partial charge in [0.25, 0.3) is 5.91 Å². The van der Waals surface area contributed by atoms with Crippen LogP contribution in [0.3, 0.4) is 0 Å². The zero-order chi connectivity index (χ0) is 15.7. The zero-order valence-electron chi connectivity index (χ0n) is 12.8. The van der Waals surface area contributed by atoms with Gasteiger partial charge in [0, 0.05) is 18.2 Å². The summed E-state index contributed by atoms with van der Waals surface area (Å²) in [6.45, 7) is 4.46. The number of rotatable bonds is 3. The van der Waals surface area contributed by atoms with E-state index in [1.807, 2.05) is 62.4 Å². The Labute approximate surface area is 130 Å². The molecule has 1 unspecified atom stereocenters. The second-order valence-corrected chi connectivity index (χ2v) is 5.72. The highest BCUT2D eigenvalue weighted by molar-refractivity contribution is 6.01. The fourth-order valence-electron chi connectivity index (χ4n) is 2.77. The molecule has 22 heavy (non-hydrogen) atoms. The van der Waals surface area contributed by atoms with Crippen LogP contribution in [-0.2, 0) is 11.3 Å². The third-order valence-electron chi connectivity index (χ3n) is 3.84. The van der Waals surface area contributed by atoms with Gasteiger partial charge in [-0.15, -0.1) is 0 Å². The number of fused-ring (bicyclic) bond motifs is 1. The summed E-state index contributed by atoms with van der Waals surface area (Å²) in [6, 6.07) is 15.4. The lowest BCUT2D eigenvalue weighted by Gasteiger charge is -2.37. The average molecular weight is 296 g/mol. The van der Waals surface area contributed by atoms with Crippen molar-refractivity contribution >= 4 is 11.6 Å². The highest BCUT2D eigenvalue weighted by Gasteiger charge is 2.36. The molecule has 2 N–H and O–H groups in total. The summed E-state index contributed by atoms with van der Waals surface area (Å²) in [6.07, 6.45) is -0.607. The van der Waals surface area contributed by atoms with Crippen molar-refractivity contribution in [1.29, 1.82) is 0 Å². The fraction of sp³-hybridized carbons (Fsp3) is 0.278. The van der Waals surface area contributed by atoms with Crippen molar-refractivity contribution in [2.75, 3.05) is 4.90 Å². The van der Waals surface area contributed by atoms with Crippen LogP contribution in [0, 0.1) is 0 Å². The van der Waals surface area contributed by atoms with Gasteiger partial charge in [-0.25, -0.2) is 0 Å². The molecule has 0 spiro atoms. The Balaban J connectivity index is 2.08. The number of carbonyl (C=O) groups is 1. The highest BCUT2D eigenvalue weighted by atomic mass is 16.5. The Morgan fingerprint density at radius 2 is 1.91 bits per heavy atom. The van der Waals surface area contributed by atoms with Crippen molar-refractivity contribution in [3.8, 4) is 5.75 Å². The quantitative estimate of drug-likeness (QED) is 0.947. The Bertz CT molecular complexity index is 683. The summed E-state index contributed by atoms with van der Waals surface area (Å²) in [5.41, 5.74) is 8.38. The summed E-state index contributed by atoms with van der Waals surface area (Å²) in [5, 5.41) is 0. The third-order valence-corrected chi connectivity index (χ3v) is 3.84. The van der Waals surface area contributed by atoms with Crippen molar-refractivity contribution in [3.05, 3.63) is 59.7 Å². The fourth-order valence-corrected chi connectivity index (χ4v) is 2.77. The van der Waals surface area contributed by atoms with Gasteiger partial charge in [0.15, 0.2) is 0 Å². The summed E-state index contributed by atoms with van der Waals surface area (Å²) >= 11 is 0. The number of carbonyl (C=O) groups excluding carboxylic acids is 1. The SMILES string of the molecule is CC(C)N1C(=O)C(c2ccccc2)Oc2cc(CN)ccc21. The van der Waals surface area contributed by atoms with Crippen LogP contribution >= 0.6 is 0 Å². The number of nitrogens with two attached hydrogens (primary N) is 1. The van der Waals surface area contributed by atoms with E-state index in [2.05, 4.69) is 0 Å². The lowest BCUT2D eigenvalue weighted by Crippen LogP contribution is -2.45. The minimum absolute atomic E-state index is 0.0331. The number of hydrogen-bond donors (Lipinski definition) is 1. The second-order valence-electron chi connectivity index (χ2n) is 5.72. The van der Waals surface area contributed by atoms with Crippen LogP contribution in [0.5, 0.6) is 5.75 Å². The average Bonchev–Trinajstić information content (AvgIpc) is 2.54. The molecule has 2 aromatic carbocycles. The van der Waals surface area contributed by atoms with Gasteiger partial charge in [0.2, 0.25) is 6.10 Å². The monoisotopic (exact) mass is 296 g/mol. The summed E-state index contributed by atoms with van der Waals surface area (Å²) < 4.78 is 6.01. The van der Waals surface area contributed by atoms with Crippen molar-refractivity contribution in [2.45, 2.75) is 32.5 Å². The first kappa shape index (κ1) is 14.6. The molecule has 0 aromatic heterocycles. The number of benzene rings is 2. The molecule has 0 fully saturated rings. The van der Waals surface area contributed by atoms with Crippen LogP contribution in [0.1, 0.15) is 31.1 Å². The van der Waals surface area contributed by atoms with Gasteiger partial charge in [-0.2, -0.15) is 0 Å². The van der Waals surface area contributed by atoms with Gasteiger partial charge in [0.05, 0.1) is 5.69 Å². The Hall–Kier alpha value is -2.33. The van der Waals surface area contributed by atoms with Crippen molar-refractivity contribution in [2.24, 2.45) is 5.73 Å². The molecule has 1 heterocycles. The van der Waals surface area contributed by atoms with E-state index < -0.39 is 6.10 Å². The topological polar surface area (TPSA) is 55.6 Å². The predicted molar refractivity (Wildman–Crippen MR) is 86.8 cm³/mol. The molecule has 3 rings (SSSR count). The normalized spacial score (nSPS) is 17.4. The van der Waals surface area contributed by atoms with Gasteiger partial charge in [-0.3, -0.25) is 4.79 Å². The first-order valence-corrected chi connectivity index (χ1v) is 7.49. The lowest BCUT2D eigenvalue weighted by molar-refractivity contribution is -0.127. The minimum atomic E-state index is -0.607. The predicted octanol–water partition coefficient (Wildman–Crippen LogP) is 3.02. The molecular weight excluding hydrogens is 276 g/mol. The number of hydrogen-bond acceptors (Lipinski definition) is 3. The second kappa shape index (κ2) is 5.81. The largest absolute Gasteiger partial charge is 0.474 e. The van der Waals surface area contributed by atoms with Gasteiger partial charge in [-0.05, 0) is 31.5 Å². The van der Waals surface area contributed by atoms with Crippen LogP contribution < -0.4 is 15.4 Å². The van der Waals surface area contributed by atoms with Gasteiger partial charge in [-0.1, -0.05) is 36.4 Å². The number of amides is 1. The molecule has 1 aliphatic heterocycles. The van der Waals surface area contributed by atoms with Crippen molar-refractivity contribution < 1.29 is 9.53 Å². The van der Waals surface area contributed by atoms with Gasteiger partial charge < -0.3 is 15.4 Å². The van der Waals surface area contributed by atoms with E-state index in [-0.39, 0.29) is 11.9 Å². The molecule has 2 aromatic rings. The highest BCUT2D eigenvalue weighted by Crippen LogP contribution is 2.40. The molecule has 0 bridgehead atoms. The first-order valence-electron chi connectivity index (χ1n) is 7.49. The molecule has 4 nitrogen and oxygen atoms in total. The van der Waals surface area contributed by atoms with E-state index in [0.29, 0.717) is 12.3 Å². The van der Waals surface area contributed by atoms with E-state index >= 15 is 0 Å². The van der Waals surface area contributed by atoms with Crippen molar-refractivity contribution in [3.63, 3.8) is 0 Å². The smallest absolute Gasteiger partial charge is 0.273 e. The van der Waals surface area contributed by atoms with E-state index in [0.717, 1.165) is 16.8 Å². The summed E-state index contributed by atoms with van der Waals surface area (Å²) in [5.74, 6) is 0.680. The zero-order valence-corrected chi connectivity index (χ0v) is 12.8. The molecule has 0 saturated heterocycles. The molecule has 1 atom stereocenters. The molecule has 0 aliphatic carbocycles. The number of ether oxygens (including phenoxy) is 1. The Morgan fingerprint density at radius 1 is 1.18 bits per heavy atom. The van der Waals surface area contributed by atoms with Crippen LogP contribution in [0.15, 0.2) is 48.5 Å². The summed E-state index contributed by atoms with van der Waals surface area (Å²) in [7, 11) is 0. The van der Waals surface area contributed by atoms with E-state index in [1.165, 1.54) is 0 Å². The van der Waals surface area contributed by atoms with Crippen molar-refractivity contribution in [1.82, 2.24) is 0 Å². The maximum absolute atomic E-state index is 12.9. The van der Waals surface area contributed by atoms with Gasteiger partial charge >= 0.3 is 0 Å². The molecule has 0 radical (unpaired) electrons. The Morgan fingerprint density at radius 3 is 2.55 bits per heavy atom. The van der Waals surface area contributed by atoms with E-state index in [4.69, 9.17) is 10.5 Å². The maximum atomic E-state index is 12.9. The lowest BCUT2D eigenvalue weighted by atomic mass is 10.0. The van der Waals surface area contributed by atoms with Crippen LogP contribution in [0.4, 0.5) is 5.69 Å². The minimum Gasteiger partial charge on any atom is -0.474 e. The van der Waals surface area contributed by atoms with Gasteiger partial charge in [0.1, 0.15) is 5.75 Å².